The van der Waals surface area contributed by atoms with Crippen molar-refractivity contribution in [2.24, 2.45) is 0 Å². The molecule has 0 radical (unpaired) electrons. The number of aromatic nitrogens is 2. The van der Waals surface area contributed by atoms with Gasteiger partial charge in [0, 0.05) is 18.8 Å². The molecule has 0 aliphatic carbocycles. The van der Waals surface area contributed by atoms with Crippen LogP contribution >= 0.6 is 0 Å². The highest BCUT2D eigenvalue weighted by atomic mass is 16.2. The van der Waals surface area contributed by atoms with Crippen LogP contribution in [0, 0.1) is 13.8 Å². The van der Waals surface area contributed by atoms with Crippen molar-refractivity contribution in [1.82, 2.24) is 14.7 Å². The lowest BCUT2D eigenvalue weighted by atomic mass is 9.99. The van der Waals surface area contributed by atoms with Gasteiger partial charge in [0.05, 0.1) is 11.7 Å². The van der Waals surface area contributed by atoms with Crippen LogP contribution in [0.3, 0.4) is 0 Å². The molecule has 29 heavy (non-hydrogen) atoms. The summed E-state index contributed by atoms with van der Waals surface area (Å²) < 4.78 is 1.66. The van der Waals surface area contributed by atoms with E-state index in [9.17, 15) is 9.59 Å². The number of hydrogen-bond acceptors (Lipinski definition) is 3. The zero-order chi connectivity index (χ0) is 20.4. The van der Waals surface area contributed by atoms with Gasteiger partial charge in [-0.15, -0.1) is 0 Å². The second-order valence-electron chi connectivity index (χ2n) is 7.51. The van der Waals surface area contributed by atoms with E-state index in [-0.39, 0.29) is 6.04 Å². The lowest BCUT2D eigenvalue weighted by molar-refractivity contribution is -0.143. The number of anilines is 1. The highest BCUT2D eigenvalue weighted by Crippen LogP contribution is 2.33. The van der Waals surface area contributed by atoms with E-state index in [0.29, 0.717) is 12.4 Å². The number of aryl methyl sites for hydroxylation is 2. The Hall–Kier alpha value is -3.41. The Morgan fingerprint density at radius 2 is 1.76 bits per heavy atom. The zero-order valence-electron chi connectivity index (χ0n) is 16.6. The molecule has 1 saturated heterocycles. The summed E-state index contributed by atoms with van der Waals surface area (Å²) in [5.41, 5.74) is 4.30. The Balaban J connectivity index is 1.47. The molecule has 1 fully saturated rings. The number of benzene rings is 2. The maximum Gasteiger partial charge on any atom is 0.315 e. The van der Waals surface area contributed by atoms with E-state index in [1.807, 2.05) is 44.2 Å². The van der Waals surface area contributed by atoms with Gasteiger partial charge in [-0.1, -0.05) is 47.5 Å². The molecule has 0 spiro atoms. The number of carbonyl (C=O) groups is 2. The standard InChI is InChI=1S/C23H24N4O2/c1-16-13-17(2)15-18(14-16)20-9-6-11-26(20)23(29)22(28)24-21-10-12-27(25-21)19-7-4-3-5-8-19/h3-5,7-8,10,12-15,20H,6,9,11H2,1-2H3,(H,24,25,28). The maximum absolute atomic E-state index is 12.9. The van der Waals surface area contributed by atoms with Crippen LogP contribution in [0.1, 0.15) is 35.6 Å². The first-order valence-corrected chi connectivity index (χ1v) is 9.82. The van der Waals surface area contributed by atoms with Gasteiger partial charge in [-0.2, -0.15) is 5.10 Å². The second kappa shape index (κ2) is 7.91. The summed E-state index contributed by atoms with van der Waals surface area (Å²) in [7, 11) is 0. The fourth-order valence-electron chi connectivity index (χ4n) is 3.97. The van der Waals surface area contributed by atoms with Crippen molar-refractivity contribution < 1.29 is 9.59 Å². The van der Waals surface area contributed by atoms with Gasteiger partial charge >= 0.3 is 11.8 Å². The van der Waals surface area contributed by atoms with Crippen molar-refractivity contribution >= 4 is 17.6 Å². The molecule has 2 heterocycles. The minimum absolute atomic E-state index is 0.0614. The van der Waals surface area contributed by atoms with Gasteiger partial charge < -0.3 is 10.2 Å². The molecule has 2 amide bonds. The number of carbonyl (C=O) groups excluding carboxylic acids is 2. The third-order valence-corrected chi connectivity index (χ3v) is 5.19. The second-order valence-corrected chi connectivity index (χ2v) is 7.51. The Bertz CT molecular complexity index is 1020. The number of rotatable bonds is 3. The lowest BCUT2D eigenvalue weighted by Crippen LogP contribution is -2.39. The van der Waals surface area contributed by atoms with Gasteiger partial charge in [-0.25, -0.2) is 4.68 Å². The van der Waals surface area contributed by atoms with Crippen LogP contribution in [0.5, 0.6) is 0 Å². The largest absolute Gasteiger partial charge is 0.327 e. The van der Waals surface area contributed by atoms with Crippen LogP contribution in [0.25, 0.3) is 5.69 Å². The first-order chi connectivity index (χ1) is 14.0. The van der Waals surface area contributed by atoms with Gasteiger partial charge in [0.15, 0.2) is 5.82 Å². The number of nitrogens with one attached hydrogen (secondary N) is 1. The van der Waals surface area contributed by atoms with Gasteiger partial charge in [0.2, 0.25) is 0 Å². The molecule has 1 aliphatic rings. The van der Waals surface area contributed by atoms with E-state index in [4.69, 9.17) is 0 Å². The Labute approximate surface area is 170 Å². The normalized spacial score (nSPS) is 16.1. The van der Waals surface area contributed by atoms with Crippen LogP contribution in [-0.2, 0) is 9.59 Å². The van der Waals surface area contributed by atoms with E-state index in [1.165, 1.54) is 0 Å². The molecule has 148 valence electrons. The molecule has 3 aromatic rings. The van der Waals surface area contributed by atoms with Gasteiger partial charge in [0.1, 0.15) is 0 Å². The van der Waals surface area contributed by atoms with Gasteiger partial charge in [-0.3, -0.25) is 9.59 Å². The van der Waals surface area contributed by atoms with Gasteiger partial charge in [-0.05, 0) is 44.4 Å². The third-order valence-electron chi connectivity index (χ3n) is 5.19. The topological polar surface area (TPSA) is 67.2 Å². The van der Waals surface area contributed by atoms with Gasteiger partial charge in [0.25, 0.3) is 0 Å². The molecule has 1 aliphatic heterocycles. The number of nitrogens with zero attached hydrogens (tertiary/aromatic N) is 3. The van der Waals surface area contributed by atoms with Crippen molar-refractivity contribution in [3.63, 3.8) is 0 Å². The summed E-state index contributed by atoms with van der Waals surface area (Å²) >= 11 is 0. The quantitative estimate of drug-likeness (QED) is 0.694. The predicted octanol–water partition coefficient (Wildman–Crippen LogP) is 3.79. The first-order valence-electron chi connectivity index (χ1n) is 9.82. The molecule has 1 unspecified atom stereocenters. The number of amides is 2. The summed E-state index contributed by atoms with van der Waals surface area (Å²) in [6.07, 6.45) is 3.51. The Morgan fingerprint density at radius 3 is 2.48 bits per heavy atom. The lowest BCUT2D eigenvalue weighted by Gasteiger charge is -2.25. The smallest absolute Gasteiger partial charge is 0.315 e. The zero-order valence-corrected chi connectivity index (χ0v) is 16.6. The first kappa shape index (κ1) is 18.9. The average Bonchev–Trinajstić information content (AvgIpc) is 3.37. The fraction of sp³-hybridized carbons (Fsp3) is 0.261. The number of likely N-dealkylation sites (tertiary alicyclic amines) is 1. The van der Waals surface area contributed by atoms with Crippen molar-refractivity contribution in [2.75, 3.05) is 11.9 Å². The molecular weight excluding hydrogens is 364 g/mol. The highest BCUT2D eigenvalue weighted by Gasteiger charge is 2.33. The molecular formula is C23H24N4O2. The van der Waals surface area contributed by atoms with E-state index in [1.54, 1.807) is 21.8 Å². The number of para-hydroxylation sites is 1. The molecule has 4 rings (SSSR count). The van der Waals surface area contributed by atoms with E-state index in [0.717, 1.165) is 35.2 Å². The number of hydrogen-bond donors (Lipinski definition) is 1. The molecule has 1 N–H and O–H groups in total. The SMILES string of the molecule is Cc1cc(C)cc(C2CCCN2C(=O)C(=O)Nc2ccn(-c3ccccc3)n2)c1. The fourth-order valence-corrected chi connectivity index (χ4v) is 3.97. The summed E-state index contributed by atoms with van der Waals surface area (Å²) in [6, 6.07) is 17.5. The van der Waals surface area contributed by atoms with E-state index >= 15 is 0 Å². The minimum Gasteiger partial charge on any atom is -0.327 e. The molecule has 1 atom stereocenters. The van der Waals surface area contributed by atoms with Crippen LogP contribution in [-0.4, -0.2) is 33.0 Å². The highest BCUT2D eigenvalue weighted by molar-refractivity contribution is 6.39. The van der Waals surface area contributed by atoms with Crippen LogP contribution < -0.4 is 5.32 Å². The average molecular weight is 388 g/mol. The summed E-state index contributed by atoms with van der Waals surface area (Å²) in [5.74, 6) is -0.810. The molecule has 0 saturated carbocycles. The molecule has 0 bridgehead atoms. The van der Waals surface area contributed by atoms with Crippen LogP contribution in [0.15, 0.2) is 60.8 Å². The van der Waals surface area contributed by atoms with Crippen LogP contribution in [0.2, 0.25) is 0 Å². The summed E-state index contributed by atoms with van der Waals surface area (Å²) in [4.78, 5) is 27.1. The minimum atomic E-state index is -0.653. The molecule has 6 heteroatoms. The Kier molecular flexibility index (Phi) is 5.16. The summed E-state index contributed by atoms with van der Waals surface area (Å²) in [6.45, 7) is 4.68. The summed E-state index contributed by atoms with van der Waals surface area (Å²) in [5, 5.41) is 6.99. The molecule has 6 nitrogen and oxygen atoms in total. The van der Waals surface area contributed by atoms with Crippen molar-refractivity contribution in [1.29, 1.82) is 0 Å². The third kappa shape index (κ3) is 4.06. The predicted molar refractivity (Wildman–Crippen MR) is 112 cm³/mol. The van der Waals surface area contributed by atoms with E-state index in [2.05, 4.69) is 28.6 Å². The monoisotopic (exact) mass is 388 g/mol. The molecule has 1 aromatic heterocycles. The van der Waals surface area contributed by atoms with Crippen molar-refractivity contribution in [2.45, 2.75) is 32.7 Å². The Morgan fingerprint density at radius 1 is 1.03 bits per heavy atom. The van der Waals surface area contributed by atoms with Crippen molar-refractivity contribution in [3.8, 4) is 5.69 Å². The maximum atomic E-state index is 12.9. The van der Waals surface area contributed by atoms with Crippen LogP contribution in [0.4, 0.5) is 5.82 Å². The molecule has 2 aromatic carbocycles. The van der Waals surface area contributed by atoms with E-state index < -0.39 is 11.8 Å². The van der Waals surface area contributed by atoms with Crippen molar-refractivity contribution in [3.05, 3.63) is 77.5 Å².